The van der Waals surface area contributed by atoms with Crippen LogP contribution in [0.1, 0.15) is 16.5 Å². The molecule has 1 aliphatic rings. The fraction of sp³-hybridized carbons (Fsp3) is 0.353. The minimum atomic E-state index is -3.45. The molecule has 5 nitrogen and oxygen atoms in total. The molecular formula is C17H18FN3O2S2. The van der Waals surface area contributed by atoms with E-state index in [9.17, 15) is 18.1 Å². The highest BCUT2D eigenvalue weighted by atomic mass is 32.2. The van der Waals surface area contributed by atoms with Gasteiger partial charge in [0.2, 0.25) is 10.0 Å². The van der Waals surface area contributed by atoms with Crippen LogP contribution in [0.25, 0.3) is 0 Å². The number of hydrogen-bond acceptors (Lipinski definition) is 5. The van der Waals surface area contributed by atoms with Gasteiger partial charge in [0.1, 0.15) is 11.9 Å². The zero-order valence-corrected chi connectivity index (χ0v) is 15.1. The van der Waals surface area contributed by atoms with E-state index >= 15 is 0 Å². The van der Waals surface area contributed by atoms with Gasteiger partial charge in [-0.05, 0) is 29.1 Å². The SMILES string of the molecule is N#CC(c1cccs1)N1CCN(S(=O)(=O)Cc2ccc(F)cc2)CC1. The average Bonchev–Trinajstić information content (AvgIpc) is 3.12. The van der Waals surface area contributed by atoms with E-state index in [2.05, 4.69) is 6.07 Å². The number of benzene rings is 1. The summed E-state index contributed by atoms with van der Waals surface area (Å²) in [5.74, 6) is -0.522. The van der Waals surface area contributed by atoms with Gasteiger partial charge in [0, 0.05) is 31.1 Å². The molecule has 1 unspecified atom stereocenters. The maximum absolute atomic E-state index is 13.0. The molecular weight excluding hydrogens is 361 g/mol. The van der Waals surface area contributed by atoms with Crippen molar-refractivity contribution in [1.82, 2.24) is 9.21 Å². The summed E-state index contributed by atoms with van der Waals surface area (Å²) in [6.07, 6.45) is 0. The molecule has 1 aromatic carbocycles. The summed E-state index contributed by atoms with van der Waals surface area (Å²) in [4.78, 5) is 2.99. The van der Waals surface area contributed by atoms with Crippen LogP contribution in [0.15, 0.2) is 41.8 Å². The second kappa shape index (κ2) is 7.62. The Hall–Kier alpha value is -1.79. The van der Waals surface area contributed by atoms with Gasteiger partial charge < -0.3 is 0 Å². The van der Waals surface area contributed by atoms with Gasteiger partial charge in [-0.15, -0.1) is 11.3 Å². The van der Waals surface area contributed by atoms with Gasteiger partial charge in [0.25, 0.3) is 0 Å². The van der Waals surface area contributed by atoms with Crippen molar-refractivity contribution in [3.63, 3.8) is 0 Å². The first kappa shape index (κ1) is 18.0. The number of hydrogen-bond donors (Lipinski definition) is 0. The largest absolute Gasteiger partial charge is 0.281 e. The first-order valence-electron chi connectivity index (χ1n) is 7.89. The molecule has 0 spiro atoms. The molecule has 1 aromatic heterocycles. The van der Waals surface area contributed by atoms with Crippen molar-refractivity contribution in [2.24, 2.45) is 0 Å². The fourth-order valence-corrected chi connectivity index (χ4v) is 5.21. The second-order valence-corrected chi connectivity index (χ2v) is 8.81. The van der Waals surface area contributed by atoms with Crippen molar-refractivity contribution in [1.29, 1.82) is 5.26 Å². The van der Waals surface area contributed by atoms with E-state index in [1.165, 1.54) is 39.9 Å². The third-order valence-electron chi connectivity index (χ3n) is 4.23. The number of nitrogens with zero attached hydrogens (tertiary/aromatic N) is 3. The molecule has 1 saturated heterocycles. The van der Waals surface area contributed by atoms with E-state index in [1.54, 1.807) is 0 Å². The zero-order chi connectivity index (χ0) is 17.9. The van der Waals surface area contributed by atoms with Crippen LogP contribution in [-0.4, -0.2) is 43.8 Å². The monoisotopic (exact) mass is 379 g/mol. The van der Waals surface area contributed by atoms with Gasteiger partial charge >= 0.3 is 0 Å². The maximum Gasteiger partial charge on any atom is 0.218 e. The Morgan fingerprint density at radius 1 is 1.16 bits per heavy atom. The van der Waals surface area contributed by atoms with Gasteiger partial charge in [-0.3, -0.25) is 4.90 Å². The lowest BCUT2D eigenvalue weighted by Crippen LogP contribution is -2.49. The molecule has 8 heteroatoms. The standard InChI is InChI=1S/C17H18FN3O2S2/c18-15-5-3-14(4-6-15)13-25(22,23)21-9-7-20(8-10-21)16(12-19)17-2-1-11-24-17/h1-6,11,16H,7-10,13H2. The molecule has 2 heterocycles. The molecule has 0 radical (unpaired) electrons. The molecule has 0 amide bonds. The Balaban J connectivity index is 1.63. The quantitative estimate of drug-likeness (QED) is 0.801. The van der Waals surface area contributed by atoms with Crippen molar-refractivity contribution >= 4 is 21.4 Å². The highest BCUT2D eigenvalue weighted by Gasteiger charge is 2.31. The summed E-state index contributed by atoms with van der Waals surface area (Å²) >= 11 is 1.53. The smallest absolute Gasteiger partial charge is 0.218 e. The van der Waals surface area contributed by atoms with Gasteiger partial charge in [-0.25, -0.2) is 12.8 Å². The van der Waals surface area contributed by atoms with Crippen LogP contribution < -0.4 is 0 Å². The molecule has 1 atom stereocenters. The van der Waals surface area contributed by atoms with E-state index < -0.39 is 10.0 Å². The summed E-state index contributed by atoms with van der Waals surface area (Å²) in [5.41, 5.74) is 0.567. The lowest BCUT2D eigenvalue weighted by atomic mass is 10.2. The Kier molecular flexibility index (Phi) is 5.49. The Labute approximate surface area is 151 Å². The highest BCUT2D eigenvalue weighted by molar-refractivity contribution is 7.88. The van der Waals surface area contributed by atoms with Gasteiger partial charge in [-0.1, -0.05) is 18.2 Å². The van der Waals surface area contributed by atoms with Crippen molar-refractivity contribution in [3.05, 3.63) is 58.0 Å². The van der Waals surface area contributed by atoms with Gasteiger partial charge in [-0.2, -0.15) is 9.57 Å². The number of nitriles is 1. The molecule has 1 fully saturated rings. The summed E-state index contributed by atoms with van der Waals surface area (Å²) in [7, 11) is -3.45. The second-order valence-electron chi connectivity index (χ2n) is 5.86. The molecule has 132 valence electrons. The zero-order valence-electron chi connectivity index (χ0n) is 13.5. The molecule has 0 bridgehead atoms. The lowest BCUT2D eigenvalue weighted by molar-refractivity contribution is 0.164. The number of halogens is 1. The first-order chi connectivity index (χ1) is 12.0. The van der Waals surface area contributed by atoms with E-state index in [4.69, 9.17) is 0 Å². The third-order valence-corrected chi connectivity index (χ3v) is 7.00. The summed E-state index contributed by atoms with van der Waals surface area (Å²) < 4.78 is 39.5. The summed E-state index contributed by atoms with van der Waals surface area (Å²) in [6.45, 7) is 1.73. The van der Waals surface area contributed by atoms with Gasteiger partial charge in [0.15, 0.2) is 0 Å². The number of piperazine rings is 1. The molecule has 2 aromatic rings. The molecule has 0 aliphatic carbocycles. The van der Waals surface area contributed by atoms with Crippen LogP contribution in [0, 0.1) is 17.1 Å². The van der Waals surface area contributed by atoms with Crippen molar-refractivity contribution in [2.45, 2.75) is 11.8 Å². The highest BCUT2D eigenvalue weighted by Crippen LogP contribution is 2.26. The number of thiophene rings is 1. The van der Waals surface area contributed by atoms with Crippen LogP contribution in [0.5, 0.6) is 0 Å². The normalized spacial score (nSPS) is 17.9. The fourth-order valence-electron chi connectivity index (χ4n) is 2.89. The van der Waals surface area contributed by atoms with E-state index in [1.807, 2.05) is 22.4 Å². The molecule has 0 saturated carbocycles. The van der Waals surface area contributed by atoms with Crippen LogP contribution in [0.3, 0.4) is 0 Å². The lowest BCUT2D eigenvalue weighted by Gasteiger charge is -2.35. The molecule has 3 rings (SSSR count). The third kappa shape index (κ3) is 4.25. The topological polar surface area (TPSA) is 64.4 Å². The number of rotatable bonds is 5. The average molecular weight is 379 g/mol. The molecule has 25 heavy (non-hydrogen) atoms. The number of sulfonamides is 1. The van der Waals surface area contributed by atoms with Crippen LogP contribution in [0.2, 0.25) is 0 Å². The van der Waals surface area contributed by atoms with Crippen molar-refractivity contribution < 1.29 is 12.8 Å². The minimum absolute atomic E-state index is 0.139. The van der Waals surface area contributed by atoms with Crippen LogP contribution >= 0.6 is 11.3 Å². The Morgan fingerprint density at radius 2 is 1.84 bits per heavy atom. The van der Waals surface area contributed by atoms with Crippen molar-refractivity contribution in [2.75, 3.05) is 26.2 Å². The van der Waals surface area contributed by atoms with Crippen LogP contribution in [0.4, 0.5) is 4.39 Å². The Bertz CT molecular complexity index is 837. The van der Waals surface area contributed by atoms with E-state index in [-0.39, 0.29) is 17.6 Å². The predicted molar refractivity (Wildman–Crippen MR) is 94.8 cm³/mol. The van der Waals surface area contributed by atoms with E-state index in [0.717, 1.165) is 4.88 Å². The predicted octanol–water partition coefficient (Wildman–Crippen LogP) is 2.60. The van der Waals surface area contributed by atoms with Crippen molar-refractivity contribution in [3.8, 4) is 6.07 Å². The summed E-state index contributed by atoms with van der Waals surface area (Å²) in [5, 5.41) is 11.4. The maximum atomic E-state index is 13.0. The first-order valence-corrected chi connectivity index (χ1v) is 10.4. The van der Waals surface area contributed by atoms with E-state index in [0.29, 0.717) is 31.7 Å². The summed E-state index contributed by atoms with van der Waals surface area (Å²) in [6, 6.07) is 11.3. The molecule has 1 aliphatic heterocycles. The minimum Gasteiger partial charge on any atom is -0.281 e. The van der Waals surface area contributed by atoms with Crippen LogP contribution in [-0.2, 0) is 15.8 Å². The molecule has 0 N–H and O–H groups in total. The Morgan fingerprint density at radius 3 is 2.40 bits per heavy atom. The van der Waals surface area contributed by atoms with Gasteiger partial charge in [0.05, 0.1) is 11.8 Å².